The van der Waals surface area contributed by atoms with Gasteiger partial charge in [-0.1, -0.05) is 29.4 Å². The van der Waals surface area contributed by atoms with E-state index in [-0.39, 0.29) is 12.5 Å². The van der Waals surface area contributed by atoms with E-state index in [4.69, 9.17) is 14.4 Å². The largest absolute Gasteiger partial charge is 0.483 e. The smallest absolute Gasteiger partial charge is 0.290 e. The van der Waals surface area contributed by atoms with Crippen molar-refractivity contribution in [3.05, 3.63) is 59.0 Å². The fraction of sp³-hybridized carbons (Fsp3) is 0.364. The number of carbonyl (C=O) groups is 1. The van der Waals surface area contributed by atoms with Gasteiger partial charge in [0.05, 0.1) is 11.3 Å². The molecular formula is C22H27N3O5S2. The third kappa shape index (κ3) is 5.63. The SMILES string of the molecule is Cc1noc(C)c1-c1ccc(S(=O)(=O)NC(C)CN2CCc3ccccc3C2)s1.O=CO. The number of benzene rings is 1. The number of aryl methyl sites for hydroxylation is 2. The Hall–Kier alpha value is -2.53. The zero-order valence-corrected chi connectivity index (χ0v) is 19.9. The molecule has 4 rings (SSSR count). The van der Waals surface area contributed by atoms with E-state index in [2.05, 4.69) is 39.0 Å². The van der Waals surface area contributed by atoms with Gasteiger partial charge < -0.3 is 9.63 Å². The molecule has 0 bridgehead atoms. The first kappa shape index (κ1) is 24.1. The molecule has 0 saturated carbocycles. The fourth-order valence-corrected chi connectivity index (χ4v) is 6.59. The summed E-state index contributed by atoms with van der Waals surface area (Å²) in [5.74, 6) is 0.694. The van der Waals surface area contributed by atoms with E-state index < -0.39 is 10.0 Å². The first-order chi connectivity index (χ1) is 15.2. The lowest BCUT2D eigenvalue weighted by atomic mass is 10.00. The van der Waals surface area contributed by atoms with Gasteiger partial charge in [0.15, 0.2) is 0 Å². The number of fused-ring (bicyclic) bond motifs is 1. The Morgan fingerprint density at radius 1 is 1.25 bits per heavy atom. The number of hydrogen-bond donors (Lipinski definition) is 2. The molecule has 1 atom stereocenters. The highest BCUT2D eigenvalue weighted by Gasteiger charge is 2.24. The molecule has 10 heteroatoms. The average Bonchev–Trinajstić information content (AvgIpc) is 3.35. The molecule has 2 N–H and O–H groups in total. The van der Waals surface area contributed by atoms with Crippen LogP contribution in [0, 0.1) is 13.8 Å². The molecule has 0 saturated heterocycles. The van der Waals surface area contributed by atoms with Gasteiger partial charge in [0.1, 0.15) is 9.97 Å². The van der Waals surface area contributed by atoms with Crippen LogP contribution in [0.3, 0.4) is 0 Å². The maximum atomic E-state index is 12.9. The van der Waals surface area contributed by atoms with E-state index >= 15 is 0 Å². The van der Waals surface area contributed by atoms with Crippen LogP contribution in [0.25, 0.3) is 10.4 Å². The second-order valence-electron chi connectivity index (χ2n) is 7.70. The van der Waals surface area contributed by atoms with Gasteiger partial charge in [-0.2, -0.15) is 0 Å². The number of thiophene rings is 1. The minimum absolute atomic E-state index is 0.185. The topological polar surface area (TPSA) is 113 Å². The van der Waals surface area contributed by atoms with Crippen molar-refractivity contribution in [1.82, 2.24) is 14.8 Å². The van der Waals surface area contributed by atoms with Crippen LogP contribution < -0.4 is 4.72 Å². The third-order valence-electron chi connectivity index (χ3n) is 5.22. The molecule has 1 aliphatic rings. The number of nitrogens with zero attached hydrogens (tertiary/aromatic N) is 2. The maximum absolute atomic E-state index is 12.9. The van der Waals surface area contributed by atoms with Crippen molar-refractivity contribution < 1.29 is 22.8 Å². The zero-order chi connectivity index (χ0) is 23.3. The molecule has 1 unspecified atom stereocenters. The van der Waals surface area contributed by atoms with Gasteiger partial charge in [-0.05, 0) is 50.5 Å². The van der Waals surface area contributed by atoms with Crippen LogP contribution in [-0.4, -0.2) is 49.2 Å². The minimum Gasteiger partial charge on any atom is -0.483 e. The molecule has 2 aromatic heterocycles. The number of rotatable bonds is 6. The first-order valence-electron chi connectivity index (χ1n) is 10.2. The normalized spacial score (nSPS) is 14.8. The molecule has 3 heterocycles. The quantitative estimate of drug-likeness (QED) is 0.523. The summed E-state index contributed by atoms with van der Waals surface area (Å²) in [6, 6.07) is 11.7. The summed E-state index contributed by atoms with van der Waals surface area (Å²) < 4.78 is 34.1. The van der Waals surface area contributed by atoms with Gasteiger partial charge >= 0.3 is 0 Å². The Morgan fingerprint density at radius 3 is 2.59 bits per heavy atom. The fourth-order valence-electron chi connectivity index (χ4n) is 3.89. The standard InChI is InChI=1S/C21H25N3O3S2.CH2O2/c1-14(12-24-11-10-17-6-4-5-7-18(17)13-24)23-29(25,26)20-9-8-19(28-20)21-15(2)22-27-16(21)3;2-1-3/h4-9,14,23H,10-13H2,1-3H3;1H,(H,2,3). The summed E-state index contributed by atoms with van der Waals surface area (Å²) in [4.78, 5) is 11.5. The third-order valence-corrected chi connectivity index (χ3v) is 8.41. The lowest BCUT2D eigenvalue weighted by Gasteiger charge is -2.30. The summed E-state index contributed by atoms with van der Waals surface area (Å²) in [6.07, 6.45) is 1.00. The minimum atomic E-state index is -3.58. The van der Waals surface area contributed by atoms with Crippen LogP contribution in [0.4, 0.5) is 0 Å². The molecule has 1 aliphatic heterocycles. The summed E-state index contributed by atoms with van der Waals surface area (Å²) in [7, 11) is -3.58. The molecule has 1 aromatic carbocycles. The second-order valence-corrected chi connectivity index (χ2v) is 10.7. The van der Waals surface area contributed by atoms with Crippen LogP contribution in [0.2, 0.25) is 0 Å². The average molecular weight is 478 g/mol. The number of hydrogen-bond acceptors (Lipinski definition) is 7. The Kier molecular flexibility index (Phi) is 7.83. The van der Waals surface area contributed by atoms with Crippen LogP contribution in [0.1, 0.15) is 29.5 Å². The highest BCUT2D eigenvalue weighted by atomic mass is 32.2. The van der Waals surface area contributed by atoms with Crippen molar-refractivity contribution in [3.8, 4) is 10.4 Å². The van der Waals surface area contributed by atoms with Crippen LogP contribution >= 0.6 is 11.3 Å². The first-order valence-corrected chi connectivity index (χ1v) is 12.5. The van der Waals surface area contributed by atoms with Crippen molar-refractivity contribution in [1.29, 1.82) is 0 Å². The molecule has 0 aliphatic carbocycles. The molecule has 32 heavy (non-hydrogen) atoms. The lowest BCUT2D eigenvalue weighted by Crippen LogP contribution is -2.43. The highest BCUT2D eigenvalue weighted by Crippen LogP contribution is 2.34. The molecule has 8 nitrogen and oxygen atoms in total. The Balaban J connectivity index is 0.000000913. The van der Waals surface area contributed by atoms with Crippen LogP contribution in [-0.2, 0) is 27.8 Å². The van der Waals surface area contributed by atoms with Gasteiger partial charge in [0.25, 0.3) is 6.47 Å². The summed E-state index contributed by atoms with van der Waals surface area (Å²) >= 11 is 1.24. The van der Waals surface area contributed by atoms with Crippen molar-refractivity contribution in [2.45, 2.75) is 44.0 Å². The summed E-state index contributed by atoms with van der Waals surface area (Å²) in [5.41, 5.74) is 4.36. The van der Waals surface area contributed by atoms with Crippen molar-refractivity contribution in [2.24, 2.45) is 0 Å². The Bertz CT molecular complexity index is 1150. The lowest BCUT2D eigenvalue weighted by molar-refractivity contribution is -0.122. The van der Waals surface area contributed by atoms with E-state index in [0.717, 1.165) is 35.6 Å². The van der Waals surface area contributed by atoms with Gasteiger partial charge in [-0.3, -0.25) is 9.69 Å². The van der Waals surface area contributed by atoms with Gasteiger partial charge in [-0.25, -0.2) is 13.1 Å². The van der Waals surface area contributed by atoms with Crippen molar-refractivity contribution in [3.63, 3.8) is 0 Å². The molecule has 0 radical (unpaired) electrons. The van der Waals surface area contributed by atoms with Crippen LogP contribution in [0.15, 0.2) is 45.1 Å². The van der Waals surface area contributed by atoms with E-state index in [9.17, 15) is 8.42 Å². The summed E-state index contributed by atoms with van der Waals surface area (Å²) in [5, 5.41) is 10.8. The maximum Gasteiger partial charge on any atom is 0.290 e. The van der Waals surface area contributed by atoms with Crippen molar-refractivity contribution in [2.75, 3.05) is 13.1 Å². The summed E-state index contributed by atoms with van der Waals surface area (Å²) in [6.45, 7) is 7.84. The zero-order valence-electron chi connectivity index (χ0n) is 18.2. The molecule has 3 aromatic rings. The molecule has 0 spiro atoms. The predicted octanol–water partition coefficient (Wildman–Crippen LogP) is 3.45. The number of aromatic nitrogens is 1. The highest BCUT2D eigenvalue weighted by molar-refractivity contribution is 7.91. The number of sulfonamides is 1. The monoisotopic (exact) mass is 477 g/mol. The van der Waals surface area contributed by atoms with Crippen LogP contribution in [0.5, 0.6) is 0 Å². The van der Waals surface area contributed by atoms with E-state index in [1.54, 1.807) is 6.07 Å². The number of nitrogens with one attached hydrogen (secondary N) is 1. The van der Waals surface area contributed by atoms with Crippen molar-refractivity contribution >= 4 is 27.8 Å². The van der Waals surface area contributed by atoms with Gasteiger partial charge in [0.2, 0.25) is 10.0 Å². The van der Waals surface area contributed by atoms with E-state index in [1.807, 2.05) is 26.8 Å². The van der Waals surface area contributed by atoms with E-state index in [0.29, 0.717) is 16.5 Å². The molecule has 0 amide bonds. The van der Waals surface area contributed by atoms with E-state index in [1.165, 1.54) is 22.5 Å². The molecule has 172 valence electrons. The number of carboxylic acid groups (broad SMARTS) is 1. The molecular weight excluding hydrogens is 450 g/mol. The predicted molar refractivity (Wildman–Crippen MR) is 123 cm³/mol. The molecule has 0 fully saturated rings. The Labute approximate surface area is 191 Å². The Morgan fingerprint density at radius 2 is 1.94 bits per heavy atom. The second kappa shape index (κ2) is 10.4. The van der Waals surface area contributed by atoms with Gasteiger partial charge in [0, 0.05) is 30.6 Å². The van der Waals surface area contributed by atoms with Gasteiger partial charge in [-0.15, -0.1) is 11.3 Å².